The zero-order valence-electron chi connectivity index (χ0n) is 44.4. The summed E-state index contributed by atoms with van der Waals surface area (Å²) in [6.07, 6.45) is 69.7. The lowest BCUT2D eigenvalue weighted by Gasteiger charge is -2.18. The average molecular weight is 938 g/mol. The van der Waals surface area contributed by atoms with Crippen molar-refractivity contribution < 1.29 is 28.6 Å². The van der Waals surface area contributed by atoms with Gasteiger partial charge in [-0.1, -0.05) is 268 Å². The highest BCUT2D eigenvalue weighted by Crippen LogP contribution is 2.16. The SMILES string of the molecule is CC/C=C\C/C=C\C/C=C\C/C=C\C/C=C\CCCCCCCCCCCCCCCCCC(=O)OCC(COC(=O)CCCCCCCCC)OC(=O)CCCCCCCCCCCCC. The fourth-order valence-electron chi connectivity index (χ4n) is 8.24. The van der Waals surface area contributed by atoms with Crippen molar-refractivity contribution in [2.24, 2.45) is 0 Å². The van der Waals surface area contributed by atoms with Gasteiger partial charge >= 0.3 is 17.9 Å². The zero-order valence-corrected chi connectivity index (χ0v) is 44.4. The van der Waals surface area contributed by atoms with E-state index in [0.29, 0.717) is 19.3 Å². The highest BCUT2D eigenvalue weighted by atomic mass is 16.6. The Bertz CT molecular complexity index is 1210. The van der Waals surface area contributed by atoms with Gasteiger partial charge < -0.3 is 14.2 Å². The number of esters is 3. The summed E-state index contributed by atoms with van der Waals surface area (Å²) in [6, 6.07) is 0. The molecule has 0 saturated heterocycles. The van der Waals surface area contributed by atoms with Crippen LogP contribution < -0.4 is 0 Å². The second-order valence-electron chi connectivity index (χ2n) is 19.2. The van der Waals surface area contributed by atoms with Gasteiger partial charge in [-0.2, -0.15) is 0 Å². The molecule has 0 aliphatic rings. The molecule has 0 N–H and O–H groups in total. The molecular formula is C61H108O6. The molecule has 0 radical (unpaired) electrons. The summed E-state index contributed by atoms with van der Waals surface area (Å²) in [5, 5.41) is 0. The maximum atomic E-state index is 12.7. The van der Waals surface area contributed by atoms with Crippen LogP contribution in [0, 0.1) is 0 Å². The van der Waals surface area contributed by atoms with Gasteiger partial charge in [-0.05, 0) is 64.2 Å². The molecule has 0 saturated carbocycles. The topological polar surface area (TPSA) is 78.9 Å². The molecule has 0 aliphatic carbocycles. The average Bonchev–Trinajstić information content (AvgIpc) is 3.33. The fraction of sp³-hybridized carbons (Fsp3) is 0.787. The third-order valence-corrected chi connectivity index (χ3v) is 12.5. The maximum Gasteiger partial charge on any atom is 0.306 e. The first-order valence-corrected chi connectivity index (χ1v) is 28.8. The molecule has 1 atom stereocenters. The van der Waals surface area contributed by atoms with Crippen molar-refractivity contribution in [3.8, 4) is 0 Å². The molecule has 0 aliphatic heterocycles. The lowest BCUT2D eigenvalue weighted by Crippen LogP contribution is -2.30. The van der Waals surface area contributed by atoms with Gasteiger partial charge in [-0.15, -0.1) is 0 Å². The molecule has 0 heterocycles. The van der Waals surface area contributed by atoms with E-state index in [0.717, 1.165) is 89.9 Å². The highest BCUT2D eigenvalue weighted by Gasteiger charge is 2.19. The van der Waals surface area contributed by atoms with Gasteiger partial charge in [-0.25, -0.2) is 0 Å². The Hall–Kier alpha value is -2.89. The van der Waals surface area contributed by atoms with Gasteiger partial charge in [-0.3, -0.25) is 14.4 Å². The zero-order chi connectivity index (χ0) is 48.6. The van der Waals surface area contributed by atoms with E-state index < -0.39 is 6.10 Å². The van der Waals surface area contributed by atoms with Gasteiger partial charge in [0.25, 0.3) is 0 Å². The van der Waals surface area contributed by atoms with Crippen LogP contribution >= 0.6 is 0 Å². The second kappa shape index (κ2) is 55.7. The Labute approximate surface area is 415 Å². The molecular weight excluding hydrogens is 829 g/mol. The number of unbranched alkanes of at least 4 members (excludes halogenated alkanes) is 31. The number of allylic oxidation sites excluding steroid dienone is 10. The van der Waals surface area contributed by atoms with Crippen molar-refractivity contribution in [2.75, 3.05) is 13.2 Å². The Morgan fingerprint density at radius 3 is 0.910 bits per heavy atom. The summed E-state index contributed by atoms with van der Waals surface area (Å²) < 4.78 is 16.7. The molecule has 0 fully saturated rings. The third kappa shape index (κ3) is 53.9. The van der Waals surface area contributed by atoms with Crippen molar-refractivity contribution in [1.82, 2.24) is 0 Å². The summed E-state index contributed by atoms with van der Waals surface area (Å²) >= 11 is 0. The van der Waals surface area contributed by atoms with Crippen molar-refractivity contribution >= 4 is 17.9 Å². The standard InChI is InChI=1S/C61H108O6/c1-4-7-10-13-16-18-20-21-22-23-24-25-26-27-28-29-30-31-32-33-34-35-36-37-38-39-41-42-45-48-51-54-60(63)66-57-58(56-65-59(62)53-50-47-44-15-12-9-6-3)67-61(64)55-52-49-46-43-40-19-17-14-11-8-5-2/h7,10,16,18,21-22,24-25,27-28,58H,4-6,8-9,11-15,17,19-20,23,26,29-57H2,1-3H3/b10-7-,18-16-,22-21-,25-24-,28-27-. The van der Waals surface area contributed by atoms with E-state index in [9.17, 15) is 14.4 Å². The van der Waals surface area contributed by atoms with Crippen LogP contribution in [-0.2, 0) is 28.6 Å². The first-order chi connectivity index (χ1) is 33.0. The van der Waals surface area contributed by atoms with Crippen molar-refractivity contribution in [2.45, 2.75) is 297 Å². The minimum Gasteiger partial charge on any atom is -0.462 e. The van der Waals surface area contributed by atoms with E-state index in [2.05, 4.69) is 81.5 Å². The molecule has 0 spiro atoms. The largest absolute Gasteiger partial charge is 0.462 e. The van der Waals surface area contributed by atoms with E-state index in [1.54, 1.807) is 0 Å². The molecule has 0 rings (SSSR count). The molecule has 67 heavy (non-hydrogen) atoms. The summed E-state index contributed by atoms with van der Waals surface area (Å²) in [7, 11) is 0. The van der Waals surface area contributed by atoms with E-state index in [-0.39, 0.29) is 31.1 Å². The van der Waals surface area contributed by atoms with Crippen LogP contribution in [0.4, 0.5) is 0 Å². The van der Waals surface area contributed by atoms with E-state index in [1.807, 2.05) is 0 Å². The van der Waals surface area contributed by atoms with Crippen molar-refractivity contribution in [3.05, 3.63) is 60.8 Å². The molecule has 388 valence electrons. The second-order valence-corrected chi connectivity index (χ2v) is 19.2. The number of carbonyl (C=O) groups excluding carboxylic acids is 3. The van der Waals surface area contributed by atoms with Crippen LogP contribution in [0.1, 0.15) is 290 Å². The monoisotopic (exact) mass is 937 g/mol. The Morgan fingerprint density at radius 2 is 0.582 bits per heavy atom. The Balaban J connectivity index is 3.99. The number of carbonyl (C=O) groups is 3. The quantitative estimate of drug-likeness (QED) is 0.0262. The van der Waals surface area contributed by atoms with Gasteiger partial charge in [0.1, 0.15) is 13.2 Å². The summed E-state index contributed by atoms with van der Waals surface area (Å²) in [6.45, 7) is 6.49. The Kier molecular flexibility index (Phi) is 53.3. The fourth-order valence-corrected chi connectivity index (χ4v) is 8.24. The molecule has 0 amide bonds. The minimum absolute atomic E-state index is 0.0694. The van der Waals surface area contributed by atoms with Crippen LogP contribution in [0.5, 0.6) is 0 Å². The van der Waals surface area contributed by atoms with Gasteiger partial charge in [0, 0.05) is 19.3 Å². The van der Waals surface area contributed by atoms with Crippen molar-refractivity contribution in [1.29, 1.82) is 0 Å². The molecule has 1 unspecified atom stereocenters. The van der Waals surface area contributed by atoms with E-state index in [4.69, 9.17) is 14.2 Å². The molecule has 0 aromatic carbocycles. The lowest BCUT2D eigenvalue weighted by atomic mass is 10.0. The molecule has 6 heteroatoms. The van der Waals surface area contributed by atoms with Crippen LogP contribution in [0.25, 0.3) is 0 Å². The van der Waals surface area contributed by atoms with Crippen LogP contribution in [0.3, 0.4) is 0 Å². The van der Waals surface area contributed by atoms with Crippen LogP contribution in [0.15, 0.2) is 60.8 Å². The lowest BCUT2D eigenvalue weighted by molar-refractivity contribution is -0.167. The van der Waals surface area contributed by atoms with Gasteiger partial charge in [0.15, 0.2) is 6.10 Å². The number of hydrogen-bond donors (Lipinski definition) is 0. The predicted molar refractivity (Wildman–Crippen MR) is 288 cm³/mol. The number of hydrogen-bond acceptors (Lipinski definition) is 6. The number of rotatable bonds is 52. The Morgan fingerprint density at radius 1 is 0.313 bits per heavy atom. The van der Waals surface area contributed by atoms with Gasteiger partial charge in [0.2, 0.25) is 0 Å². The summed E-state index contributed by atoms with van der Waals surface area (Å²) in [5.41, 5.74) is 0. The maximum absolute atomic E-state index is 12.7. The minimum atomic E-state index is -0.765. The van der Waals surface area contributed by atoms with Gasteiger partial charge in [0.05, 0.1) is 0 Å². The van der Waals surface area contributed by atoms with E-state index in [1.165, 1.54) is 161 Å². The van der Waals surface area contributed by atoms with Crippen molar-refractivity contribution in [3.63, 3.8) is 0 Å². The van der Waals surface area contributed by atoms with Crippen LogP contribution in [0.2, 0.25) is 0 Å². The van der Waals surface area contributed by atoms with Crippen LogP contribution in [-0.4, -0.2) is 37.2 Å². The summed E-state index contributed by atoms with van der Waals surface area (Å²) in [5.74, 6) is -0.867. The first kappa shape index (κ1) is 64.1. The molecule has 0 aromatic heterocycles. The highest BCUT2D eigenvalue weighted by molar-refractivity contribution is 5.71. The first-order valence-electron chi connectivity index (χ1n) is 28.8. The molecule has 0 aromatic rings. The predicted octanol–water partition coefficient (Wildman–Crippen LogP) is 19.2. The van der Waals surface area contributed by atoms with E-state index >= 15 is 0 Å². The summed E-state index contributed by atoms with van der Waals surface area (Å²) in [4.78, 5) is 37.8. The third-order valence-electron chi connectivity index (χ3n) is 12.5. The normalized spacial score (nSPS) is 12.5. The number of ether oxygens (including phenoxy) is 3. The molecule has 0 bridgehead atoms. The molecule has 6 nitrogen and oxygen atoms in total. The smallest absolute Gasteiger partial charge is 0.306 e.